The third-order valence-electron chi connectivity index (χ3n) is 4.70. The van der Waals surface area contributed by atoms with Crippen molar-refractivity contribution in [3.8, 4) is 11.3 Å². The molecule has 0 atom stereocenters. The Morgan fingerprint density at radius 2 is 1.87 bits per heavy atom. The summed E-state index contributed by atoms with van der Waals surface area (Å²) in [6.07, 6.45) is 3.28. The molecule has 1 amide bonds. The molecule has 4 aromatic rings. The molecule has 0 fully saturated rings. The van der Waals surface area contributed by atoms with Gasteiger partial charge < -0.3 is 5.32 Å². The number of amides is 1. The van der Waals surface area contributed by atoms with Crippen LogP contribution in [0.1, 0.15) is 5.56 Å². The lowest BCUT2D eigenvalue weighted by atomic mass is 10.0. The number of nitrogens with zero attached hydrogens (tertiary/aromatic N) is 4. The van der Waals surface area contributed by atoms with Crippen LogP contribution in [0.15, 0.2) is 77.9 Å². The van der Waals surface area contributed by atoms with Crippen LogP contribution in [0.2, 0.25) is 0 Å². The molecule has 0 radical (unpaired) electrons. The minimum atomic E-state index is -0.492. The number of aromatic nitrogens is 3. The van der Waals surface area contributed by atoms with Gasteiger partial charge in [-0.15, -0.1) is 0 Å². The molecule has 31 heavy (non-hydrogen) atoms. The fraction of sp³-hybridized carbons (Fsp3) is 0.0909. The Kier molecular flexibility index (Phi) is 5.48. The molecule has 154 valence electrons. The van der Waals surface area contributed by atoms with Crippen LogP contribution in [0, 0.1) is 10.1 Å². The zero-order valence-corrected chi connectivity index (χ0v) is 16.3. The van der Waals surface area contributed by atoms with Gasteiger partial charge in [0.2, 0.25) is 5.91 Å². The molecule has 2 aromatic heterocycles. The van der Waals surface area contributed by atoms with E-state index in [-0.39, 0.29) is 18.8 Å². The van der Waals surface area contributed by atoms with E-state index < -0.39 is 16.4 Å². The van der Waals surface area contributed by atoms with Gasteiger partial charge in [0.15, 0.2) is 0 Å². The SMILES string of the molecule is O=C(Cn1nc(-c2cccc([N+](=O)[O-])c2)c2ccccc2c1=O)NCc1cccnc1. The molecule has 0 unspecified atom stereocenters. The monoisotopic (exact) mass is 415 g/mol. The first kappa shape index (κ1) is 19.9. The highest BCUT2D eigenvalue weighted by molar-refractivity contribution is 5.94. The van der Waals surface area contributed by atoms with E-state index in [1.54, 1.807) is 54.9 Å². The predicted molar refractivity (Wildman–Crippen MR) is 114 cm³/mol. The molecule has 2 aromatic carbocycles. The van der Waals surface area contributed by atoms with E-state index in [1.165, 1.54) is 12.1 Å². The van der Waals surface area contributed by atoms with E-state index in [1.807, 2.05) is 6.07 Å². The van der Waals surface area contributed by atoms with Gasteiger partial charge in [0.05, 0.1) is 16.0 Å². The van der Waals surface area contributed by atoms with Crippen LogP contribution in [0.3, 0.4) is 0 Å². The highest BCUT2D eigenvalue weighted by Crippen LogP contribution is 2.27. The summed E-state index contributed by atoms with van der Waals surface area (Å²) in [6, 6.07) is 16.5. The summed E-state index contributed by atoms with van der Waals surface area (Å²) < 4.78 is 1.08. The van der Waals surface area contributed by atoms with Crippen molar-refractivity contribution >= 4 is 22.4 Å². The molecule has 0 spiro atoms. The Labute approximate surface area is 176 Å². The first-order valence-electron chi connectivity index (χ1n) is 9.43. The van der Waals surface area contributed by atoms with E-state index >= 15 is 0 Å². The van der Waals surface area contributed by atoms with Gasteiger partial charge in [0.25, 0.3) is 11.2 Å². The van der Waals surface area contributed by atoms with Gasteiger partial charge in [-0.05, 0) is 17.7 Å². The molecule has 0 aliphatic rings. The quantitative estimate of drug-likeness (QED) is 0.382. The van der Waals surface area contributed by atoms with Gasteiger partial charge in [0, 0.05) is 42.0 Å². The summed E-state index contributed by atoms with van der Waals surface area (Å²) in [4.78, 5) is 40.0. The smallest absolute Gasteiger partial charge is 0.275 e. The van der Waals surface area contributed by atoms with Crippen molar-refractivity contribution in [3.05, 3.63) is 99.1 Å². The van der Waals surface area contributed by atoms with E-state index in [2.05, 4.69) is 15.4 Å². The first-order valence-corrected chi connectivity index (χ1v) is 9.43. The average Bonchev–Trinajstić information content (AvgIpc) is 2.80. The Hall–Kier alpha value is -4.40. The maximum absolute atomic E-state index is 12.9. The van der Waals surface area contributed by atoms with E-state index in [9.17, 15) is 19.7 Å². The van der Waals surface area contributed by atoms with Crippen LogP contribution in [-0.2, 0) is 17.9 Å². The van der Waals surface area contributed by atoms with Crippen molar-refractivity contribution < 1.29 is 9.72 Å². The van der Waals surface area contributed by atoms with E-state index in [4.69, 9.17) is 0 Å². The topological polar surface area (TPSA) is 120 Å². The molecule has 9 nitrogen and oxygen atoms in total. The van der Waals surface area contributed by atoms with Gasteiger partial charge in [-0.2, -0.15) is 5.10 Å². The number of non-ortho nitro benzene ring substituents is 1. The minimum absolute atomic E-state index is 0.0876. The van der Waals surface area contributed by atoms with Crippen molar-refractivity contribution in [1.82, 2.24) is 20.1 Å². The van der Waals surface area contributed by atoms with Crippen LogP contribution in [0.4, 0.5) is 5.69 Å². The summed E-state index contributed by atoms with van der Waals surface area (Å²) >= 11 is 0. The molecule has 0 aliphatic heterocycles. The second-order valence-electron chi connectivity index (χ2n) is 6.80. The maximum Gasteiger partial charge on any atom is 0.275 e. The lowest BCUT2D eigenvalue weighted by molar-refractivity contribution is -0.384. The summed E-state index contributed by atoms with van der Waals surface area (Å²) in [6.45, 7) is -0.0153. The Balaban J connectivity index is 1.70. The summed E-state index contributed by atoms with van der Waals surface area (Å²) in [5.74, 6) is -0.390. The standard InChI is InChI=1S/C22H17N5O4/c28-20(24-13-15-5-4-10-23-12-15)14-26-22(29)19-9-2-1-8-18(19)21(25-26)16-6-3-7-17(11-16)27(30)31/h1-12H,13-14H2,(H,24,28). The predicted octanol–water partition coefficient (Wildman–Crippen LogP) is 2.68. The average molecular weight is 415 g/mol. The number of hydrogen-bond acceptors (Lipinski definition) is 6. The lowest BCUT2D eigenvalue weighted by Gasteiger charge is -2.11. The molecule has 2 heterocycles. The van der Waals surface area contributed by atoms with Crippen LogP contribution in [0.5, 0.6) is 0 Å². The van der Waals surface area contributed by atoms with E-state index in [0.717, 1.165) is 10.2 Å². The molecule has 1 N–H and O–H groups in total. The van der Waals surface area contributed by atoms with Gasteiger partial charge in [0.1, 0.15) is 6.54 Å². The normalized spacial score (nSPS) is 10.7. The summed E-state index contributed by atoms with van der Waals surface area (Å²) in [5.41, 5.74) is 1.19. The number of nitro benzene ring substituents is 1. The van der Waals surface area contributed by atoms with Crippen molar-refractivity contribution in [2.24, 2.45) is 0 Å². The van der Waals surface area contributed by atoms with Gasteiger partial charge in [-0.1, -0.05) is 36.4 Å². The first-order chi connectivity index (χ1) is 15.0. The highest BCUT2D eigenvalue weighted by Gasteiger charge is 2.16. The number of rotatable bonds is 6. The molecular weight excluding hydrogens is 398 g/mol. The fourth-order valence-corrected chi connectivity index (χ4v) is 3.22. The Morgan fingerprint density at radius 1 is 1.06 bits per heavy atom. The molecule has 0 aliphatic carbocycles. The highest BCUT2D eigenvalue weighted by atomic mass is 16.6. The largest absolute Gasteiger partial charge is 0.350 e. The number of benzene rings is 2. The maximum atomic E-state index is 12.9. The van der Waals surface area contributed by atoms with Crippen LogP contribution in [-0.4, -0.2) is 25.6 Å². The number of carbonyl (C=O) groups is 1. The van der Waals surface area contributed by atoms with Crippen LogP contribution in [0.25, 0.3) is 22.0 Å². The summed E-state index contributed by atoms with van der Waals surface area (Å²) in [7, 11) is 0. The zero-order valence-electron chi connectivity index (χ0n) is 16.3. The van der Waals surface area contributed by atoms with Gasteiger partial charge in [-0.25, -0.2) is 4.68 Å². The molecule has 0 bridgehead atoms. The zero-order chi connectivity index (χ0) is 21.8. The van der Waals surface area contributed by atoms with Gasteiger partial charge in [-0.3, -0.25) is 24.7 Å². The molecular formula is C22H17N5O4. The number of carbonyl (C=O) groups excluding carboxylic acids is 1. The molecule has 4 rings (SSSR count). The van der Waals surface area contributed by atoms with Crippen molar-refractivity contribution in [2.75, 3.05) is 0 Å². The number of fused-ring (bicyclic) bond motifs is 1. The second kappa shape index (κ2) is 8.54. The molecule has 0 saturated carbocycles. The van der Waals surface area contributed by atoms with Crippen molar-refractivity contribution in [1.29, 1.82) is 0 Å². The van der Waals surface area contributed by atoms with Crippen molar-refractivity contribution in [3.63, 3.8) is 0 Å². The molecule has 0 saturated heterocycles. The number of nitrogens with one attached hydrogen (secondary N) is 1. The number of pyridine rings is 1. The third-order valence-corrected chi connectivity index (χ3v) is 4.70. The van der Waals surface area contributed by atoms with Crippen molar-refractivity contribution in [2.45, 2.75) is 13.1 Å². The number of nitro groups is 1. The minimum Gasteiger partial charge on any atom is -0.350 e. The number of hydrogen-bond donors (Lipinski definition) is 1. The van der Waals surface area contributed by atoms with Crippen LogP contribution >= 0.6 is 0 Å². The fourth-order valence-electron chi connectivity index (χ4n) is 3.22. The second-order valence-corrected chi connectivity index (χ2v) is 6.80. The summed E-state index contributed by atoms with van der Waals surface area (Å²) in [5, 5.41) is 19.2. The third kappa shape index (κ3) is 4.30. The van der Waals surface area contributed by atoms with Gasteiger partial charge >= 0.3 is 0 Å². The van der Waals surface area contributed by atoms with E-state index in [0.29, 0.717) is 22.0 Å². The lowest BCUT2D eigenvalue weighted by Crippen LogP contribution is -2.33. The Bertz CT molecular complexity index is 1330. The Morgan fingerprint density at radius 3 is 2.61 bits per heavy atom. The molecule has 9 heteroatoms. The van der Waals surface area contributed by atoms with Crippen LogP contribution < -0.4 is 10.9 Å².